The number of nitrogens with two attached hydrogens (primary N) is 1. The molecular weight excluding hydrogens is 248 g/mol. The summed E-state index contributed by atoms with van der Waals surface area (Å²) in [6.07, 6.45) is 5.84. The van der Waals surface area contributed by atoms with E-state index in [2.05, 4.69) is 21.4 Å². The lowest BCUT2D eigenvalue weighted by Crippen LogP contribution is -2.30. The highest BCUT2D eigenvalue weighted by Gasteiger charge is 2.18. The fourth-order valence-electron chi connectivity index (χ4n) is 2.13. The summed E-state index contributed by atoms with van der Waals surface area (Å²) in [6.45, 7) is 1.99. The summed E-state index contributed by atoms with van der Waals surface area (Å²) in [5.41, 5.74) is 5.37. The predicted molar refractivity (Wildman–Crippen MR) is 73.9 cm³/mol. The molecule has 1 amide bonds. The third kappa shape index (κ3) is 3.13. The fraction of sp³-hybridized carbons (Fsp3) is 0.583. The summed E-state index contributed by atoms with van der Waals surface area (Å²) in [6, 6.07) is 3.47. The van der Waals surface area contributed by atoms with E-state index in [1.165, 1.54) is 19.3 Å². The molecule has 0 radical (unpaired) electrons. The molecular formula is C12H18N4OS. The molecule has 2 N–H and O–H groups in total. The minimum absolute atomic E-state index is 0.218. The molecule has 18 heavy (non-hydrogen) atoms. The van der Waals surface area contributed by atoms with E-state index in [9.17, 15) is 4.79 Å². The van der Waals surface area contributed by atoms with Crippen molar-refractivity contribution < 1.29 is 4.79 Å². The lowest BCUT2D eigenvalue weighted by molar-refractivity contribution is 0.0994. The Morgan fingerprint density at radius 3 is 2.89 bits per heavy atom. The van der Waals surface area contributed by atoms with Gasteiger partial charge in [-0.3, -0.25) is 4.79 Å². The van der Waals surface area contributed by atoms with Gasteiger partial charge in [-0.05, 0) is 31.2 Å². The Morgan fingerprint density at radius 1 is 1.44 bits per heavy atom. The summed E-state index contributed by atoms with van der Waals surface area (Å²) in [5.74, 6) is 0.299. The second-order valence-electron chi connectivity index (χ2n) is 4.44. The number of primary amides is 1. The molecule has 0 spiro atoms. The van der Waals surface area contributed by atoms with Crippen molar-refractivity contribution in [3.63, 3.8) is 0 Å². The van der Waals surface area contributed by atoms with Crippen molar-refractivity contribution in [2.24, 2.45) is 5.73 Å². The van der Waals surface area contributed by atoms with E-state index in [1.807, 2.05) is 17.8 Å². The Bertz CT molecular complexity index is 409. The van der Waals surface area contributed by atoms with Crippen LogP contribution in [0.25, 0.3) is 0 Å². The number of amides is 1. The zero-order valence-corrected chi connectivity index (χ0v) is 11.3. The predicted octanol–water partition coefficient (Wildman–Crippen LogP) is 1.30. The number of carbonyl (C=O) groups excluding carboxylic acids is 1. The standard InChI is InChI=1S/C12H18N4OS/c1-18-9-4-2-3-7-16(8-9)11-6-5-10(12(13)17)14-15-11/h5-6,9H,2-4,7-8H2,1H3,(H2,13,17). The molecule has 1 atom stereocenters. The van der Waals surface area contributed by atoms with Crippen LogP contribution in [0.2, 0.25) is 0 Å². The number of anilines is 1. The largest absolute Gasteiger partial charge is 0.364 e. The van der Waals surface area contributed by atoms with Crippen molar-refractivity contribution in [3.8, 4) is 0 Å². The molecule has 1 aliphatic rings. The molecule has 1 fully saturated rings. The average molecular weight is 266 g/mol. The number of hydrogen-bond donors (Lipinski definition) is 1. The van der Waals surface area contributed by atoms with Gasteiger partial charge in [0.15, 0.2) is 11.5 Å². The van der Waals surface area contributed by atoms with Crippen LogP contribution in [0.1, 0.15) is 29.8 Å². The normalized spacial score (nSPS) is 20.5. The molecule has 1 aromatic heterocycles. The van der Waals surface area contributed by atoms with Crippen LogP contribution in [0.5, 0.6) is 0 Å². The van der Waals surface area contributed by atoms with Crippen molar-refractivity contribution >= 4 is 23.5 Å². The monoisotopic (exact) mass is 266 g/mol. The molecule has 6 heteroatoms. The Hall–Kier alpha value is -1.30. The third-order valence-electron chi connectivity index (χ3n) is 3.19. The van der Waals surface area contributed by atoms with Gasteiger partial charge in [-0.1, -0.05) is 6.42 Å². The van der Waals surface area contributed by atoms with E-state index in [0.29, 0.717) is 5.25 Å². The van der Waals surface area contributed by atoms with Gasteiger partial charge in [-0.2, -0.15) is 11.8 Å². The molecule has 2 heterocycles. The number of thioether (sulfide) groups is 1. The molecule has 0 bridgehead atoms. The van der Waals surface area contributed by atoms with E-state index in [0.717, 1.165) is 18.9 Å². The van der Waals surface area contributed by atoms with Gasteiger partial charge in [0.05, 0.1) is 0 Å². The highest BCUT2D eigenvalue weighted by atomic mass is 32.2. The maximum Gasteiger partial charge on any atom is 0.269 e. The number of carbonyl (C=O) groups is 1. The third-order valence-corrected chi connectivity index (χ3v) is 4.24. The van der Waals surface area contributed by atoms with Gasteiger partial charge in [-0.15, -0.1) is 10.2 Å². The van der Waals surface area contributed by atoms with Gasteiger partial charge in [-0.25, -0.2) is 0 Å². The topological polar surface area (TPSA) is 72.1 Å². The van der Waals surface area contributed by atoms with E-state index < -0.39 is 5.91 Å². The van der Waals surface area contributed by atoms with Crippen LogP contribution in [-0.2, 0) is 0 Å². The first kappa shape index (κ1) is 13.1. The Morgan fingerprint density at radius 2 is 2.28 bits per heavy atom. The fourth-order valence-corrected chi connectivity index (χ4v) is 2.86. The van der Waals surface area contributed by atoms with E-state index in [4.69, 9.17) is 5.73 Å². The maximum absolute atomic E-state index is 10.9. The number of hydrogen-bond acceptors (Lipinski definition) is 5. The van der Waals surface area contributed by atoms with E-state index in [-0.39, 0.29) is 5.69 Å². The van der Waals surface area contributed by atoms with Crippen molar-refractivity contribution in [1.82, 2.24) is 10.2 Å². The van der Waals surface area contributed by atoms with Crippen LogP contribution in [0.3, 0.4) is 0 Å². The molecule has 98 valence electrons. The molecule has 2 rings (SSSR count). The lowest BCUT2D eigenvalue weighted by atomic mass is 10.2. The second-order valence-corrected chi connectivity index (χ2v) is 5.58. The number of rotatable bonds is 3. The molecule has 0 aliphatic carbocycles. The van der Waals surface area contributed by atoms with Crippen LogP contribution < -0.4 is 10.6 Å². The van der Waals surface area contributed by atoms with Crippen LogP contribution in [0, 0.1) is 0 Å². The van der Waals surface area contributed by atoms with E-state index >= 15 is 0 Å². The highest BCUT2D eigenvalue weighted by molar-refractivity contribution is 7.99. The summed E-state index contributed by atoms with van der Waals surface area (Å²) >= 11 is 1.90. The Labute approximate surface area is 111 Å². The van der Waals surface area contributed by atoms with Crippen molar-refractivity contribution in [1.29, 1.82) is 0 Å². The Kier molecular flexibility index (Phi) is 4.41. The molecule has 1 aromatic rings. The van der Waals surface area contributed by atoms with Gasteiger partial charge in [0, 0.05) is 18.3 Å². The quantitative estimate of drug-likeness (QED) is 0.892. The minimum Gasteiger partial charge on any atom is -0.364 e. The van der Waals surface area contributed by atoms with Gasteiger partial charge in [0.25, 0.3) is 5.91 Å². The first-order valence-electron chi connectivity index (χ1n) is 6.12. The van der Waals surface area contributed by atoms with Gasteiger partial charge in [0.2, 0.25) is 0 Å². The summed E-state index contributed by atoms with van der Waals surface area (Å²) in [5, 5.41) is 8.61. The molecule has 0 saturated carbocycles. The van der Waals surface area contributed by atoms with Gasteiger partial charge >= 0.3 is 0 Å². The molecule has 5 nitrogen and oxygen atoms in total. The van der Waals surface area contributed by atoms with Crippen LogP contribution in [-0.4, -0.2) is 40.7 Å². The van der Waals surface area contributed by atoms with Crippen molar-refractivity contribution in [2.45, 2.75) is 24.5 Å². The first-order chi connectivity index (χ1) is 8.70. The van der Waals surface area contributed by atoms with Crippen LogP contribution in [0.15, 0.2) is 12.1 Å². The Balaban J connectivity index is 2.11. The first-order valence-corrected chi connectivity index (χ1v) is 7.41. The zero-order valence-electron chi connectivity index (χ0n) is 10.5. The molecule has 0 aromatic carbocycles. The summed E-state index contributed by atoms with van der Waals surface area (Å²) in [7, 11) is 0. The number of nitrogens with zero attached hydrogens (tertiary/aromatic N) is 3. The SMILES string of the molecule is CSC1CCCCN(c2ccc(C(N)=O)nn2)C1. The second kappa shape index (κ2) is 6.04. The molecule has 1 saturated heterocycles. The van der Waals surface area contributed by atoms with Crippen molar-refractivity contribution in [3.05, 3.63) is 17.8 Å². The van der Waals surface area contributed by atoms with Crippen LogP contribution >= 0.6 is 11.8 Å². The summed E-state index contributed by atoms with van der Waals surface area (Å²) < 4.78 is 0. The maximum atomic E-state index is 10.9. The lowest BCUT2D eigenvalue weighted by Gasteiger charge is -2.24. The van der Waals surface area contributed by atoms with Gasteiger partial charge in [0.1, 0.15) is 0 Å². The van der Waals surface area contributed by atoms with Crippen LogP contribution in [0.4, 0.5) is 5.82 Å². The smallest absolute Gasteiger partial charge is 0.269 e. The minimum atomic E-state index is -0.535. The van der Waals surface area contributed by atoms with Gasteiger partial charge < -0.3 is 10.6 Å². The molecule has 1 unspecified atom stereocenters. The summed E-state index contributed by atoms with van der Waals surface area (Å²) in [4.78, 5) is 13.2. The highest BCUT2D eigenvalue weighted by Crippen LogP contribution is 2.23. The zero-order chi connectivity index (χ0) is 13.0. The molecule has 1 aliphatic heterocycles. The average Bonchev–Trinajstić information content (AvgIpc) is 2.64. The van der Waals surface area contributed by atoms with Crippen molar-refractivity contribution in [2.75, 3.05) is 24.2 Å². The van der Waals surface area contributed by atoms with E-state index in [1.54, 1.807) is 6.07 Å². The number of aromatic nitrogens is 2.